The van der Waals surface area contributed by atoms with E-state index < -0.39 is 6.36 Å². The number of ether oxygens (including phenoxy) is 1. The van der Waals surface area contributed by atoms with Gasteiger partial charge in [0.1, 0.15) is 5.75 Å². The summed E-state index contributed by atoms with van der Waals surface area (Å²) in [5.74, 6) is -0.198. The summed E-state index contributed by atoms with van der Waals surface area (Å²) in [5, 5.41) is 0. The van der Waals surface area contributed by atoms with Gasteiger partial charge in [0.15, 0.2) is 0 Å². The third-order valence-corrected chi connectivity index (χ3v) is 2.16. The fourth-order valence-corrected chi connectivity index (χ4v) is 1.53. The van der Waals surface area contributed by atoms with Crippen molar-refractivity contribution in [1.82, 2.24) is 0 Å². The van der Waals surface area contributed by atoms with Crippen LogP contribution in [-0.4, -0.2) is 12.9 Å². The molecular weight excluding hydrogens is 275 g/mol. The number of halogens is 4. The molecular formula is C9H9BrF3NO. The van der Waals surface area contributed by atoms with Crippen molar-refractivity contribution in [1.29, 1.82) is 0 Å². The van der Waals surface area contributed by atoms with Crippen LogP contribution in [0, 0.1) is 0 Å². The van der Waals surface area contributed by atoms with Gasteiger partial charge in [-0.2, -0.15) is 0 Å². The van der Waals surface area contributed by atoms with Gasteiger partial charge in [0.25, 0.3) is 0 Å². The molecule has 0 atom stereocenters. The topological polar surface area (TPSA) is 35.2 Å². The lowest BCUT2D eigenvalue weighted by Gasteiger charge is -2.13. The van der Waals surface area contributed by atoms with Gasteiger partial charge in [-0.25, -0.2) is 0 Å². The Morgan fingerprint density at radius 3 is 2.53 bits per heavy atom. The highest BCUT2D eigenvalue weighted by Gasteiger charge is 2.31. The lowest BCUT2D eigenvalue weighted by molar-refractivity contribution is -0.274. The molecule has 0 amide bonds. The maximum atomic E-state index is 12.0. The second-order valence-corrected chi connectivity index (χ2v) is 3.75. The van der Waals surface area contributed by atoms with Crippen molar-refractivity contribution in [2.45, 2.75) is 12.8 Å². The fourth-order valence-electron chi connectivity index (χ4n) is 1.12. The van der Waals surface area contributed by atoms with Crippen LogP contribution in [0.1, 0.15) is 5.56 Å². The van der Waals surface area contributed by atoms with Gasteiger partial charge >= 0.3 is 6.36 Å². The van der Waals surface area contributed by atoms with Crippen molar-refractivity contribution in [2.24, 2.45) is 5.73 Å². The fraction of sp³-hybridized carbons (Fsp3) is 0.333. The summed E-state index contributed by atoms with van der Waals surface area (Å²) in [6.45, 7) is 0.269. The van der Waals surface area contributed by atoms with Gasteiger partial charge in [-0.15, -0.1) is 13.2 Å². The molecule has 1 rings (SSSR count). The van der Waals surface area contributed by atoms with E-state index in [4.69, 9.17) is 5.73 Å². The normalized spacial score (nSPS) is 11.5. The van der Waals surface area contributed by atoms with Crippen molar-refractivity contribution in [3.8, 4) is 5.75 Å². The molecule has 0 unspecified atom stereocenters. The standard InChI is InChI=1S/C9H9BrF3NO/c10-7-1-2-8(15-9(11,12)13)6(5-7)3-4-14/h1-2,5H,3-4,14H2. The van der Waals surface area contributed by atoms with E-state index in [9.17, 15) is 13.2 Å². The highest BCUT2D eigenvalue weighted by molar-refractivity contribution is 9.10. The van der Waals surface area contributed by atoms with E-state index in [1.807, 2.05) is 0 Å². The Morgan fingerprint density at radius 2 is 2.00 bits per heavy atom. The number of rotatable bonds is 3. The van der Waals surface area contributed by atoms with Crippen LogP contribution in [0.3, 0.4) is 0 Å². The van der Waals surface area contributed by atoms with Crippen molar-refractivity contribution < 1.29 is 17.9 Å². The third kappa shape index (κ3) is 4.09. The minimum absolute atomic E-state index is 0.198. The van der Waals surface area contributed by atoms with Gasteiger partial charge in [0, 0.05) is 4.47 Å². The molecule has 15 heavy (non-hydrogen) atoms. The highest BCUT2D eigenvalue weighted by Crippen LogP contribution is 2.28. The first-order valence-corrected chi connectivity index (χ1v) is 4.96. The van der Waals surface area contributed by atoms with Crippen molar-refractivity contribution >= 4 is 15.9 Å². The van der Waals surface area contributed by atoms with Crippen LogP contribution in [0.5, 0.6) is 5.75 Å². The van der Waals surface area contributed by atoms with E-state index in [1.165, 1.54) is 12.1 Å². The van der Waals surface area contributed by atoms with E-state index in [1.54, 1.807) is 6.07 Å². The Balaban J connectivity index is 2.95. The first kappa shape index (κ1) is 12.3. The van der Waals surface area contributed by atoms with Crippen LogP contribution < -0.4 is 10.5 Å². The van der Waals surface area contributed by atoms with Crippen molar-refractivity contribution in [2.75, 3.05) is 6.54 Å². The molecule has 0 aliphatic carbocycles. The van der Waals surface area contributed by atoms with Crippen LogP contribution in [-0.2, 0) is 6.42 Å². The van der Waals surface area contributed by atoms with Crippen LogP contribution >= 0.6 is 15.9 Å². The number of alkyl halides is 3. The average molecular weight is 284 g/mol. The number of benzene rings is 1. The Bertz CT molecular complexity index is 341. The third-order valence-electron chi connectivity index (χ3n) is 1.66. The Hall–Kier alpha value is -0.750. The van der Waals surface area contributed by atoms with Gasteiger partial charge in [0.2, 0.25) is 0 Å². The molecule has 0 spiro atoms. The van der Waals surface area contributed by atoms with E-state index >= 15 is 0 Å². The molecule has 0 radical (unpaired) electrons. The molecule has 2 nitrogen and oxygen atoms in total. The maximum Gasteiger partial charge on any atom is 0.573 e. The molecule has 2 N–H and O–H groups in total. The number of nitrogens with two attached hydrogens (primary N) is 1. The summed E-state index contributed by atoms with van der Waals surface area (Å²) in [7, 11) is 0. The molecule has 0 aliphatic rings. The zero-order valence-corrected chi connectivity index (χ0v) is 9.23. The van der Waals surface area contributed by atoms with Crippen LogP contribution in [0.4, 0.5) is 13.2 Å². The first-order valence-electron chi connectivity index (χ1n) is 4.16. The second-order valence-electron chi connectivity index (χ2n) is 2.84. The summed E-state index contributed by atoms with van der Waals surface area (Å²) in [5.41, 5.74) is 5.73. The molecule has 0 heterocycles. The van der Waals surface area contributed by atoms with E-state index in [-0.39, 0.29) is 12.3 Å². The smallest absolute Gasteiger partial charge is 0.406 e. The SMILES string of the molecule is NCCc1cc(Br)ccc1OC(F)(F)F. The predicted molar refractivity (Wildman–Crippen MR) is 53.6 cm³/mol. The molecule has 1 aromatic rings. The van der Waals surface area contributed by atoms with E-state index in [0.717, 1.165) is 0 Å². The monoisotopic (exact) mass is 283 g/mol. The lowest BCUT2D eigenvalue weighted by Crippen LogP contribution is -2.18. The summed E-state index contributed by atoms with van der Waals surface area (Å²) < 4.78 is 40.5. The molecule has 1 aromatic carbocycles. The van der Waals surface area contributed by atoms with Gasteiger partial charge < -0.3 is 10.5 Å². The molecule has 84 valence electrons. The molecule has 0 saturated heterocycles. The first-order chi connectivity index (χ1) is 6.92. The van der Waals surface area contributed by atoms with Gasteiger partial charge in [-0.1, -0.05) is 15.9 Å². The van der Waals surface area contributed by atoms with E-state index in [2.05, 4.69) is 20.7 Å². The van der Waals surface area contributed by atoms with Crippen molar-refractivity contribution in [3.05, 3.63) is 28.2 Å². The second kappa shape index (κ2) is 4.85. The zero-order chi connectivity index (χ0) is 11.5. The Morgan fingerprint density at radius 1 is 1.33 bits per heavy atom. The lowest BCUT2D eigenvalue weighted by atomic mass is 10.1. The maximum absolute atomic E-state index is 12.0. The van der Waals surface area contributed by atoms with Crippen LogP contribution in [0.25, 0.3) is 0 Å². The van der Waals surface area contributed by atoms with Crippen LogP contribution in [0.2, 0.25) is 0 Å². The molecule has 0 saturated carbocycles. The Labute approximate surface area is 93.3 Å². The van der Waals surface area contributed by atoms with Crippen molar-refractivity contribution in [3.63, 3.8) is 0 Å². The molecule has 0 fully saturated rings. The van der Waals surface area contributed by atoms with Gasteiger partial charge in [-0.05, 0) is 36.7 Å². The molecule has 0 bridgehead atoms. The summed E-state index contributed by atoms with van der Waals surface area (Å²) in [4.78, 5) is 0. The minimum Gasteiger partial charge on any atom is -0.406 e. The summed E-state index contributed by atoms with van der Waals surface area (Å²) in [6, 6.07) is 4.32. The molecule has 0 aromatic heterocycles. The van der Waals surface area contributed by atoms with E-state index in [0.29, 0.717) is 16.5 Å². The highest BCUT2D eigenvalue weighted by atomic mass is 79.9. The van der Waals surface area contributed by atoms with Gasteiger partial charge in [-0.3, -0.25) is 0 Å². The van der Waals surface area contributed by atoms with Crippen LogP contribution in [0.15, 0.2) is 22.7 Å². The molecule has 6 heteroatoms. The molecule has 0 aliphatic heterocycles. The quantitative estimate of drug-likeness (QED) is 0.926. The summed E-state index contributed by atoms with van der Waals surface area (Å²) in [6.07, 6.45) is -4.33. The minimum atomic E-state index is -4.67. The average Bonchev–Trinajstić information content (AvgIpc) is 2.08. The predicted octanol–water partition coefficient (Wildman–Crippen LogP) is 2.85. The Kier molecular flexibility index (Phi) is 3.98. The number of hydrogen-bond donors (Lipinski definition) is 1. The van der Waals surface area contributed by atoms with Gasteiger partial charge in [0.05, 0.1) is 0 Å². The summed E-state index contributed by atoms with van der Waals surface area (Å²) >= 11 is 3.17. The zero-order valence-electron chi connectivity index (χ0n) is 7.64. The largest absolute Gasteiger partial charge is 0.573 e. The number of hydrogen-bond acceptors (Lipinski definition) is 2.